The summed E-state index contributed by atoms with van der Waals surface area (Å²) in [4.78, 5) is 0. The van der Waals surface area contributed by atoms with Crippen LogP contribution in [0.15, 0.2) is 42.5 Å². The second-order valence-corrected chi connectivity index (χ2v) is 4.86. The lowest BCUT2D eigenvalue weighted by Crippen LogP contribution is -2.07. The molecule has 3 nitrogen and oxygen atoms in total. The summed E-state index contributed by atoms with van der Waals surface area (Å²) in [6.07, 6.45) is 0.0590. The van der Waals surface area contributed by atoms with E-state index in [4.69, 9.17) is 26.8 Å². The molecule has 2 rings (SSSR count). The molecule has 0 aromatic heterocycles. The van der Waals surface area contributed by atoms with Gasteiger partial charge in [-0.15, -0.1) is 0 Å². The molecule has 0 aliphatic heterocycles. The number of ether oxygens (including phenoxy) is 2. The Morgan fingerprint density at radius 2 is 1.79 bits per heavy atom. The summed E-state index contributed by atoms with van der Waals surface area (Å²) < 4.78 is 11.3. The van der Waals surface area contributed by atoms with Crippen LogP contribution in [0.5, 0.6) is 17.2 Å². The van der Waals surface area contributed by atoms with Crippen LogP contribution in [-0.2, 0) is 0 Å². The third kappa shape index (κ3) is 3.80. The molecule has 0 bridgehead atoms. The van der Waals surface area contributed by atoms with E-state index in [0.29, 0.717) is 28.0 Å². The Hall–Kier alpha value is -1.87. The molecule has 0 heterocycles. The lowest BCUT2D eigenvalue weighted by molar-refractivity contribution is 0.243. The third-order valence-electron chi connectivity index (χ3n) is 2.38. The zero-order valence-corrected chi connectivity index (χ0v) is 11.6. The molecular formula is C15H16ClNO2. The van der Waals surface area contributed by atoms with Crippen molar-refractivity contribution >= 4 is 17.3 Å². The molecular weight excluding hydrogens is 262 g/mol. The standard InChI is InChI=1S/C15H16ClNO2/c1-10(2)18-15-9-13(6-7-14(15)17)19-12-5-3-4-11(16)8-12/h3-10H,17H2,1-2H3. The number of hydrogen-bond acceptors (Lipinski definition) is 3. The molecule has 2 aromatic rings. The second-order valence-electron chi connectivity index (χ2n) is 4.43. The van der Waals surface area contributed by atoms with Crippen LogP contribution in [0.4, 0.5) is 5.69 Å². The normalized spacial score (nSPS) is 10.5. The zero-order chi connectivity index (χ0) is 13.8. The van der Waals surface area contributed by atoms with E-state index in [-0.39, 0.29) is 6.10 Å². The van der Waals surface area contributed by atoms with E-state index in [2.05, 4.69) is 0 Å². The Labute approximate surface area is 117 Å². The highest BCUT2D eigenvalue weighted by molar-refractivity contribution is 6.30. The topological polar surface area (TPSA) is 44.5 Å². The van der Waals surface area contributed by atoms with Gasteiger partial charge in [-0.05, 0) is 44.2 Å². The number of rotatable bonds is 4. The fourth-order valence-corrected chi connectivity index (χ4v) is 1.78. The fraction of sp³-hybridized carbons (Fsp3) is 0.200. The number of benzene rings is 2. The van der Waals surface area contributed by atoms with E-state index < -0.39 is 0 Å². The maximum absolute atomic E-state index is 5.91. The predicted octanol–water partition coefficient (Wildman–Crippen LogP) is 4.50. The summed E-state index contributed by atoms with van der Waals surface area (Å²) in [5.41, 5.74) is 6.44. The molecule has 0 radical (unpaired) electrons. The lowest BCUT2D eigenvalue weighted by atomic mass is 10.2. The van der Waals surface area contributed by atoms with Crippen LogP contribution in [0.2, 0.25) is 5.02 Å². The molecule has 0 atom stereocenters. The summed E-state index contributed by atoms with van der Waals surface area (Å²) >= 11 is 5.91. The minimum Gasteiger partial charge on any atom is -0.489 e. The molecule has 2 aromatic carbocycles. The Kier molecular flexibility index (Phi) is 4.17. The average molecular weight is 278 g/mol. The van der Waals surface area contributed by atoms with Gasteiger partial charge in [0, 0.05) is 11.1 Å². The summed E-state index contributed by atoms with van der Waals surface area (Å²) in [5, 5.41) is 0.631. The van der Waals surface area contributed by atoms with Crippen molar-refractivity contribution in [2.24, 2.45) is 0 Å². The van der Waals surface area contributed by atoms with E-state index in [1.807, 2.05) is 26.0 Å². The summed E-state index contributed by atoms with van der Waals surface area (Å²) in [6.45, 7) is 3.90. The van der Waals surface area contributed by atoms with Crippen LogP contribution in [-0.4, -0.2) is 6.10 Å². The highest BCUT2D eigenvalue weighted by Gasteiger charge is 2.06. The highest BCUT2D eigenvalue weighted by atomic mass is 35.5. The smallest absolute Gasteiger partial charge is 0.146 e. The van der Waals surface area contributed by atoms with E-state index in [9.17, 15) is 0 Å². The van der Waals surface area contributed by atoms with Crippen molar-refractivity contribution in [2.75, 3.05) is 5.73 Å². The quantitative estimate of drug-likeness (QED) is 0.837. The van der Waals surface area contributed by atoms with Crippen molar-refractivity contribution in [1.82, 2.24) is 0 Å². The van der Waals surface area contributed by atoms with Crippen LogP contribution < -0.4 is 15.2 Å². The van der Waals surface area contributed by atoms with E-state index in [0.717, 1.165) is 0 Å². The van der Waals surface area contributed by atoms with Gasteiger partial charge in [-0.2, -0.15) is 0 Å². The van der Waals surface area contributed by atoms with Crippen molar-refractivity contribution in [3.8, 4) is 17.2 Å². The van der Waals surface area contributed by atoms with Crippen LogP contribution in [0.1, 0.15) is 13.8 Å². The van der Waals surface area contributed by atoms with Gasteiger partial charge in [-0.3, -0.25) is 0 Å². The molecule has 0 spiro atoms. The van der Waals surface area contributed by atoms with Gasteiger partial charge < -0.3 is 15.2 Å². The van der Waals surface area contributed by atoms with Gasteiger partial charge in [0.05, 0.1) is 11.8 Å². The van der Waals surface area contributed by atoms with Crippen LogP contribution in [0.25, 0.3) is 0 Å². The summed E-state index contributed by atoms with van der Waals surface area (Å²) in [5.74, 6) is 1.95. The SMILES string of the molecule is CC(C)Oc1cc(Oc2cccc(Cl)c2)ccc1N. The molecule has 4 heteroatoms. The van der Waals surface area contributed by atoms with Gasteiger partial charge in [0.1, 0.15) is 17.2 Å². The molecule has 0 aliphatic carbocycles. The van der Waals surface area contributed by atoms with Crippen molar-refractivity contribution < 1.29 is 9.47 Å². The monoisotopic (exact) mass is 277 g/mol. The van der Waals surface area contributed by atoms with Crippen molar-refractivity contribution in [2.45, 2.75) is 20.0 Å². The molecule has 0 aliphatic rings. The van der Waals surface area contributed by atoms with Crippen molar-refractivity contribution in [3.05, 3.63) is 47.5 Å². The van der Waals surface area contributed by atoms with Crippen LogP contribution >= 0.6 is 11.6 Å². The molecule has 0 unspecified atom stereocenters. The Morgan fingerprint density at radius 1 is 1.05 bits per heavy atom. The Balaban J connectivity index is 2.21. The maximum Gasteiger partial charge on any atom is 0.146 e. The van der Waals surface area contributed by atoms with Gasteiger partial charge in [0.2, 0.25) is 0 Å². The first kappa shape index (κ1) is 13.6. The molecule has 0 saturated carbocycles. The second kappa shape index (κ2) is 5.85. The van der Waals surface area contributed by atoms with Gasteiger partial charge in [-0.1, -0.05) is 17.7 Å². The maximum atomic E-state index is 5.91. The third-order valence-corrected chi connectivity index (χ3v) is 2.61. The largest absolute Gasteiger partial charge is 0.489 e. The number of hydrogen-bond donors (Lipinski definition) is 1. The first-order chi connectivity index (χ1) is 9.04. The number of nitrogens with two attached hydrogens (primary N) is 1. The van der Waals surface area contributed by atoms with Gasteiger partial charge in [0.15, 0.2) is 0 Å². The first-order valence-corrected chi connectivity index (χ1v) is 6.42. The number of anilines is 1. The van der Waals surface area contributed by atoms with Crippen LogP contribution in [0, 0.1) is 0 Å². The molecule has 0 saturated heterocycles. The van der Waals surface area contributed by atoms with Gasteiger partial charge in [0.25, 0.3) is 0 Å². The molecule has 100 valence electrons. The van der Waals surface area contributed by atoms with Crippen molar-refractivity contribution in [1.29, 1.82) is 0 Å². The lowest BCUT2D eigenvalue weighted by Gasteiger charge is -2.14. The molecule has 2 N–H and O–H groups in total. The highest BCUT2D eigenvalue weighted by Crippen LogP contribution is 2.31. The fourth-order valence-electron chi connectivity index (χ4n) is 1.60. The minimum absolute atomic E-state index is 0.0590. The van der Waals surface area contributed by atoms with E-state index in [1.54, 1.807) is 30.3 Å². The minimum atomic E-state index is 0.0590. The molecule has 19 heavy (non-hydrogen) atoms. The van der Waals surface area contributed by atoms with Gasteiger partial charge in [-0.25, -0.2) is 0 Å². The average Bonchev–Trinajstić information content (AvgIpc) is 2.33. The summed E-state index contributed by atoms with van der Waals surface area (Å²) in [6, 6.07) is 12.6. The first-order valence-electron chi connectivity index (χ1n) is 6.04. The summed E-state index contributed by atoms with van der Waals surface area (Å²) in [7, 11) is 0. The van der Waals surface area contributed by atoms with Gasteiger partial charge >= 0.3 is 0 Å². The number of nitrogen functional groups attached to an aromatic ring is 1. The zero-order valence-electron chi connectivity index (χ0n) is 10.9. The van der Waals surface area contributed by atoms with E-state index in [1.165, 1.54) is 0 Å². The number of halogens is 1. The Bertz CT molecular complexity index is 570. The van der Waals surface area contributed by atoms with E-state index >= 15 is 0 Å². The Morgan fingerprint density at radius 3 is 2.47 bits per heavy atom. The molecule has 0 fully saturated rings. The van der Waals surface area contributed by atoms with Crippen LogP contribution in [0.3, 0.4) is 0 Å². The predicted molar refractivity (Wildman–Crippen MR) is 78.1 cm³/mol. The molecule has 0 amide bonds. The van der Waals surface area contributed by atoms with Crippen molar-refractivity contribution in [3.63, 3.8) is 0 Å².